The summed E-state index contributed by atoms with van der Waals surface area (Å²) in [6.45, 7) is 5.60. The number of carbonyl (C=O) groups excluding carboxylic acids is 1. The van der Waals surface area contributed by atoms with Crippen LogP contribution >= 0.6 is 11.3 Å². The van der Waals surface area contributed by atoms with Gasteiger partial charge in [-0.05, 0) is 19.8 Å². The molecular formula is C14H20N6OS. The summed E-state index contributed by atoms with van der Waals surface area (Å²) in [5.74, 6) is 0. The summed E-state index contributed by atoms with van der Waals surface area (Å²) in [6, 6.07) is 0.557. The van der Waals surface area contributed by atoms with E-state index in [0.29, 0.717) is 6.04 Å². The zero-order chi connectivity index (χ0) is 15.3. The minimum absolute atomic E-state index is 0.182. The number of piperidine rings is 1. The molecule has 2 saturated heterocycles. The molecule has 4 rings (SSSR count). The molecule has 0 bridgehead atoms. The Morgan fingerprint density at radius 3 is 2.64 bits per heavy atom. The maximum atomic E-state index is 12.1. The van der Waals surface area contributed by atoms with Crippen LogP contribution in [0.2, 0.25) is 0 Å². The van der Waals surface area contributed by atoms with Crippen LogP contribution < -0.4 is 4.90 Å². The number of aromatic nitrogens is 3. The van der Waals surface area contributed by atoms with E-state index < -0.39 is 0 Å². The molecule has 2 amide bonds. The molecule has 7 nitrogen and oxygen atoms in total. The summed E-state index contributed by atoms with van der Waals surface area (Å²) < 4.78 is 1.86. The fourth-order valence-corrected chi connectivity index (χ4v) is 4.28. The minimum Gasteiger partial charge on any atom is -0.347 e. The third-order valence-corrected chi connectivity index (χ3v) is 5.56. The Morgan fingerprint density at radius 1 is 1.23 bits per heavy atom. The van der Waals surface area contributed by atoms with Gasteiger partial charge in [-0.1, -0.05) is 11.3 Å². The van der Waals surface area contributed by atoms with Gasteiger partial charge in [-0.2, -0.15) is 0 Å². The third-order valence-electron chi connectivity index (χ3n) is 4.58. The molecule has 2 fully saturated rings. The second kappa shape index (κ2) is 5.12. The average Bonchev–Trinajstić information content (AvgIpc) is 3.14. The molecule has 0 radical (unpaired) electrons. The lowest BCUT2D eigenvalue weighted by Crippen LogP contribution is -2.46. The SMILES string of the molecule is Cc1cn2nc(N3CCC(N4CCN(C)C4=O)CC3)sc2n1. The Balaban J connectivity index is 1.43. The number of carbonyl (C=O) groups is 1. The van der Waals surface area contributed by atoms with Crippen molar-refractivity contribution in [3.8, 4) is 0 Å². The van der Waals surface area contributed by atoms with Crippen LogP contribution in [0.5, 0.6) is 0 Å². The second-order valence-electron chi connectivity index (χ2n) is 6.11. The number of amides is 2. The van der Waals surface area contributed by atoms with Crippen molar-refractivity contribution in [2.45, 2.75) is 25.8 Å². The van der Waals surface area contributed by atoms with Crippen LogP contribution in [-0.2, 0) is 0 Å². The van der Waals surface area contributed by atoms with Crippen molar-refractivity contribution in [2.75, 3.05) is 38.1 Å². The zero-order valence-corrected chi connectivity index (χ0v) is 13.7. The predicted molar refractivity (Wildman–Crippen MR) is 85.6 cm³/mol. The van der Waals surface area contributed by atoms with Crippen molar-refractivity contribution in [3.05, 3.63) is 11.9 Å². The Hall–Kier alpha value is -1.83. The van der Waals surface area contributed by atoms with Crippen LogP contribution in [0.1, 0.15) is 18.5 Å². The lowest BCUT2D eigenvalue weighted by molar-refractivity contribution is 0.173. The molecule has 2 aromatic rings. The van der Waals surface area contributed by atoms with Crippen molar-refractivity contribution in [1.29, 1.82) is 0 Å². The monoisotopic (exact) mass is 320 g/mol. The van der Waals surface area contributed by atoms with Crippen molar-refractivity contribution < 1.29 is 4.79 Å². The maximum absolute atomic E-state index is 12.1. The first-order valence-electron chi connectivity index (χ1n) is 7.71. The number of urea groups is 1. The average molecular weight is 320 g/mol. The summed E-state index contributed by atoms with van der Waals surface area (Å²) >= 11 is 1.64. The minimum atomic E-state index is 0.182. The molecule has 0 atom stereocenters. The van der Waals surface area contributed by atoms with E-state index in [1.807, 2.05) is 34.5 Å². The lowest BCUT2D eigenvalue weighted by atomic mass is 10.0. The Kier molecular flexibility index (Phi) is 3.21. The molecule has 0 aliphatic carbocycles. The number of hydrogen-bond donors (Lipinski definition) is 0. The van der Waals surface area contributed by atoms with Gasteiger partial charge in [-0.3, -0.25) is 0 Å². The first-order chi connectivity index (χ1) is 10.6. The summed E-state index contributed by atoms with van der Waals surface area (Å²) in [5.41, 5.74) is 1.00. The van der Waals surface area contributed by atoms with E-state index >= 15 is 0 Å². The van der Waals surface area contributed by atoms with E-state index in [1.165, 1.54) is 0 Å². The van der Waals surface area contributed by atoms with E-state index in [2.05, 4.69) is 15.0 Å². The molecule has 0 aromatic carbocycles. The molecule has 0 unspecified atom stereocenters. The van der Waals surface area contributed by atoms with Crippen molar-refractivity contribution in [1.82, 2.24) is 24.4 Å². The summed E-state index contributed by atoms with van der Waals surface area (Å²) in [7, 11) is 1.88. The highest BCUT2D eigenvalue weighted by molar-refractivity contribution is 7.20. The van der Waals surface area contributed by atoms with Crippen LogP contribution in [-0.4, -0.2) is 69.7 Å². The number of likely N-dealkylation sites (N-methyl/N-ethyl adjacent to an activating group) is 1. The molecule has 8 heteroatoms. The zero-order valence-electron chi connectivity index (χ0n) is 12.9. The molecule has 118 valence electrons. The van der Waals surface area contributed by atoms with Gasteiger partial charge in [0.25, 0.3) is 0 Å². The molecular weight excluding hydrogens is 300 g/mol. The van der Waals surface area contributed by atoms with Gasteiger partial charge in [0.2, 0.25) is 10.1 Å². The van der Waals surface area contributed by atoms with E-state index in [-0.39, 0.29) is 6.03 Å². The fourth-order valence-electron chi connectivity index (χ4n) is 3.30. The maximum Gasteiger partial charge on any atom is 0.320 e. The number of rotatable bonds is 2. The van der Waals surface area contributed by atoms with Gasteiger partial charge in [0.1, 0.15) is 0 Å². The van der Waals surface area contributed by atoms with Crippen molar-refractivity contribution in [2.24, 2.45) is 0 Å². The van der Waals surface area contributed by atoms with Gasteiger partial charge in [-0.15, -0.1) is 5.10 Å². The smallest absolute Gasteiger partial charge is 0.320 e. The van der Waals surface area contributed by atoms with E-state index in [4.69, 9.17) is 0 Å². The van der Waals surface area contributed by atoms with Crippen LogP contribution in [0.15, 0.2) is 6.20 Å². The van der Waals surface area contributed by atoms with Crippen LogP contribution in [0.4, 0.5) is 9.93 Å². The summed E-state index contributed by atoms with van der Waals surface area (Å²) in [6.07, 6.45) is 3.99. The van der Waals surface area contributed by atoms with Gasteiger partial charge < -0.3 is 14.7 Å². The number of hydrogen-bond acceptors (Lipinski definition) is 5. The topological polar surface area (TPSA) is 57.0 Å². The van der Waals surface area contributed by atoms with E-state index in [1.54, 1.807) is 11.3 Å². The Labute approximate surface area is 133 Å². The highest BCUT2D eigenvalue weighted by atomic mass is 32.1. The predicted octanol–water partition coefficient (Wildman–Crippen LogP) is 1.44. The van der Waals surface area contributed by atoms with Crippen molar-refractivity contribution >= 4 is 27.5 Å². The number of aryl methyl sites for hydroxylation is 1. The van der Waals surface area contributed by atoms with Gasteiger partial charge in [-0.25, -0.2) is 14.3 Å². The fraction of sp³-hybridized carbons (Fsp3) is 0.643. The number of imidazole rings is 1. The van der Waals surface area contributed by atoms with Crippen LogP contribution in [0.25, 0.3) is 4.96 Å². The van der Waals surface area contributed by atoms with E-state index in [9.17, 15) is 4.79 Å². The first-order valence-corrected chi connectivity index (χ1v) is 8.53. The molecule has 0 saturated carbocycles. The largest absolute Gasteiger partial charge is 0.347 e. The Bertz CT molecular complexity index is 670. The summed E-state index contributed by atoms with van der Waals surface area (Å²) in [4.78, 5) is 23.7. The molecule has 0 spiro atoms. The van der Waals surface area contributed by atoms with Gasteiger partial charge in [0.05, 0.1) is 11.9 Å². The molecule has 22 heavy (non-hydrogen) atoms. The van der Waals surface area contributed by atoms with Crippen molar-refractivity contribution in [3.63, 3.8) is 0 Å². The Morgan fingerprint density at radius 2 is 2.00 bits per heavy atom. The lowest BCUT2D eigenvalue weighted by Gasteiger charge is -2.36. The molecule has 0 N–H and O–H groups in total. The first kappa shape index (κ1) is 13.8. The van der Waals surface area contributed by atoms with Crippen LogP contribution in [0, 0.1) is 6.92 Å². The summed E-state index contributed by atoms with van der Waals surface area (Å²) in [5, 5.41) is 5.65. The van der Waals surface area contributed by atoms with Gasteiger partial charge in [0, 0.05) is 39.3 Å². The van der Waals surface area contributed by atoms with Gasteiger partial charge >= 0.3 is 6.03 Å². The number of anilines is 1. The highest BCUT2D eigenvalue weighted by Gasteiger charge is 2.34. The van der Waals surface area contributed by atoms with E-state index in [0.717, 1.165) is 54.8 Å². The quantitative estimate of drug-likeness (QED) is 0.840. The molecule has 2 aliphatic heterocycles. The standard InChI is InChI=1S/C14H20N6OS/c1-10-9-20-12(15-10)22-13(16-20)18-5-3-11(4-6-18)19-8-7-17(2)14(19)21/h9,11H,3-8H2,1-2H3. The molecule has 2 aromatic heterocycles. The number of nitrogens with zero attached hydrogens (tertiary/aromatic N) is 6. The molecule has 4 heterocycles. The highest BCUT2D eigenvalue weighted by Crippen LogP contribution is 2.28. The van der Waals surface area contributed by atoms with Gasteiger partial charge in [0.15, 0.2) is 0 Å². The second-order valence-corrected chi connectivity index (χ2v) is 7.04. The normalized spacial score (nSPS) is 20.6. The number of fused-ring (bicyclic) bond motifs is 1. The molecule has 2 aliphatic rings. The van der Waals surface area contributed by atoms with Crippen LogP contribution in [0.3, 0.4) is 0 Å². The third kappa shape index (κ3) is 2.22.